The van der Waals surface area contributed by atoms with Crippen LogP contribution in [0.15, 0.2) is 97.3 Å². The molecule has 3 heterocycles. The van der Waals surface area contributed by atoms with E-state index in [0.717, 1.165) is 36.4 Å². The van der Waals surface area contributed by atoms with E-state index in [2.05, 4.69) is 38.0 Å². The fraction of sp³-hybridized carbons (Fsp3) is 0.229. The Labute approximate surface area is 246 Å². The van der Waals surface area contributed by atoms with Crippen LogP contribution < -0.4 is 16.0 Å². The van der Waals surface area contributed by atoms with E-state index in [1.165, 1.54) is 24.8 Å². The van der Waals surface area contributed by atoms with Gasteiger partial charge in [0.2, 0.25) is 0 Å². The first-order chi connectivity index (χ1) is 20.5. The quantitative estimate of drug-likeness (QED) is 0.216. The standard InChI is InChI=1S/C35H35N5O2/c1-24(26-11-4-2-5-12-26)37-34(41)27-15-16-31-30(21-27)32(35(42)39-31)33(28-13-9-17-36-22-28)38-29-14-8-10-25(20-29)23-40-18-6-3-7-19-40/h2,4-5,8-17,20-22,24,38H,3,6-7,18-19,23H2,1H3,(H,37,41)(H,39,42)/b33-32-/t24-/m1/s1. The lowest BCUT2D eigenvalue weighted by Gasteiger charge is -2.26. The molecule has 0 unspecified atom stereocenters. The van der Waals surface area contributed by atoms with Gasteiger partial charge in [-0.15, -0.1) is 0 Å². The van der Waals surface area contributed by atoms with Gasteiger partial charge in [0, 0.05) is 47.0 Å². The van der Waals surface area contributed by atoms with E-state index in [1.807, 2.05) is 61.5 Å². The summed E-state index contributed by atoms with van der Waals surface area (Å²) >= 11 is 0. The van der Waals surface area contributed by atoms with Crippen LogP contribution in [0.1, 0.15) is 64.8 Å². The van der Waals surface area contributed by atoms with E-state index in [4.69, 9.17) is 0 Å². The lowest BCUT2D eigenvalue weighted by Crippen LogP contribution is -2.29. The van der Waals surface area contributed by atoms with Gasteiger partial charge < -0.3 is 16.0 Å². The molecule has 2 aliphatic heterocycles. The molecule has 1 aromatic heterocycles. The summed E-state index contributed by atoms with van der Waals surface area (Å²) in [6.45, 7) is 5.11. The summed E-state index contributed by atoms with van der Waals surface area (Å²) in [4.78, 5) is 33.6. The smallest absolute Gasteiger partial charge is 0.258 e. The summed E-state index contributed by atoms with van der Waals surface area (Å²) in [5, 5.41) is 9.61. The minimum Gasteiger partial charge on any atom is -0.354 e. The van der Waals surface area contributed by atoms with Crippen LogP contribution in [-0.4, -0.2) is 34.8 Å². The summed E-state index contributed by atoms with van der Waals surface area (Å²) in [6.07, 6.45) is 7.25. The molecule has 1 atom stereocenters. The van der Waals surface area contributed by atoms with E-state index >= 15 is 0 Å². The first kappa shape index (κ1) is 27.4. The predicted molar refractivity (Wildman–Crippen MR) is 168 cm³/mol. The first-order valence-corrected chi connectivity index (χ1v) is 14.6. The Morgan fingerprint density at radius 2 is 1.76 bits per heavy atom. The van der Waals surface area contributed by atoms with Gasteiger partial charge in [-0.05, 0) is 86.4 Å². The third-order valence-electron chi connectivity index (χ3n) is 7.92. The fourth-order valence-corrected chi connectivity index (χ4v) is 5.72. The number of amides is 2. The molecular weight excluding hydrogens is 522 g/mol. The minimum atomic E-state index is -0.226. The highest BCUT2D eigenvalue weighted by Gasteiger charge is 2.30. The van der Waals surface area contributed by atoms with Crippen molar-refractivity contribution in [2.75, 3.05) is 23.7 Å². The van der Waals surface area contributed by atoms with Crippen LogP contribution in [0.25, 0.3) is 11.3 Å². The zero-order valence-corrected chi connectivity index (χ0v) is 23.8. The number of carbonyl (C=O) groups is 2. The molecule has 4 aromatic rings. The Balaban J connectivity index is 1.33. The van der Waals surface area contributed by atoms with Gasteiger partial charge in [0.05, 0.1) is 17.3 Å². The molecule has 3 N–H and O–H groups in total. The van der Waals surface area contributed by atoms with Gasteiger partial charge in [0.15, 0.2) is 0 Å². The second kappa shape index (κ2) is 12.4. The number of carbonyl (C=O) groups excluding carboxylic acids is 2. The van der Waals surface area contributed by atoms with Gasteiger partial charge in [-0.3, -0.25) is 19.5 Å². The Morgan fingerprint density at radius 3 is 2.55 bits per heavy atom. The number of anilines is 2. The Hall–Kier alpha value is -4.75. The molecule has 1 fully saturated rings. The molecule has 7 heteroatoms. The number of aromatic nitrogens is 1. The van der Waals surface area contributed by atoms with Gasteiger partial charge in [-0.25, -0.2) is 0 Å². The molecule has 6 rings (SSSR count). The minimum absolute atomic E-state index is 0.161. The van der Waals surface area contributed by atoms with Gasteiger partial charge >= 0.3 is 0 Å². The average molecular weight is 558 g/mol. The van der Waals surface area contributed by atoms with Crippen LogP contribution in [-0.2, 0) is 11.3 Å². The van der Waals surface area contributed by atoms with Crippen molar-refractivity contribution in [1.82, 2.24) is 15.2 Å². The molecule has 1 saturated heterocycles. The molecule has 2 amide bonds. The van der Waals surface area contributed by atoms with Gasteiger partial charge in [-0.1, -0.05) is 48.9 Å². The van der Waals surface area contributed by atoms with Gasteiger partial charge in [0.25, 0.3) is 11.8 Å². The molecule has 0 saturated carbocycles. The summed E-state index contributed by atoms with van der Waals surface area (Å²) < 4.78 is 0. The average Bonchev–Trinajstić information content (AvgIpc) is 3.36. The van der Waals surface area contributed by atoms with Crippen LogP contribution in [0.3, 0.4) is 0 Å². The molecule has 0 aliphatic carbocycles. The Kier molecular flexibility index (Phi) is 8.10. The molecule has 0 spiro atoms. The van der Waals surface area contributed by atoms with E-state index in [1.54, 1.807) is 30.6 Å². The van der Waals surface area contributed by atoms with Gasteiger partial charge in [-0.2, -0.15) is 0 Å². The third kappa shape index (κ3) is 6.11. The topological polar surface area (TPSA) is 86.4 Å². The second-order valence-corrected chi connectivity index (χ2v) is 11.0. The largest absolute Gasteiger partial charge is 0.354 e. The van der Waals surface area contributed by atoms with Crippen molar-refractivity contribution in [1.29, 1.82) is 0 Å². The third-order valence-corrected chi connectivity index (χ3v) is 7.92. The zero-order chi connectivity index (χ0) is 28.9. The summed E-state index contributed by atoms with van der Waals surface area (Å²) in [7, 11) is 0. The molecule has 42 heavy (non-hydrogen) atoms. The maximum absolute atomic E-state index is 13.5. The molecule has 0 radical (unpaired) electrons. The van der Waals surface area contributed by atoms with Crippen LogP contribution in [0.5, 0.6) is 0 Å². The lowest BCUT2D eigenvalue weighted by molar-refractivity contribution is -0.110. The number of nitrogens with one attached hydrogen (secondary N) is 3. The number of benzene rings is 3. The highest BCUT2D eigenvalue weighted by atomic mass is 16.2. The van der Waals surface area contributed by atoms with E-state index in [0.29, 0.717) is 28.1 Å². The number of pyridine rings is 1. The SMILES string of the molecule is C[C@@H](NC(=O)c1ccc2c(c1)/C(=C(/Nc1cccc(CN3CCCCC3)c1)c1cccnc1)C(=O)N2)c1ccccc1. The van der Waals surface area contributed by atoms with Gasteiger partial charge in [0.1, 0.15) is 0 Å². The van der Waals surface area contributed by atoms with Crippen LogP contribution in [0.2, 0.25) is 0 Å². The Morgan fingerprint density at radius 1 is 0.929 bits per heavy atom. The molecular formula is C35H35N5O2. The molecule has 212 valence electrons. The van der Waals surface area contributed by atoms with Crippen molar-refractivity contribution in [3.05, 3.63) is 125 Å². The highest BCUT2D eigenvalue weighted by molar-refractivity contribution is 6.37. The molecule has 0 bridgehead atoms. The number of rotatable bonds is 8. The number of nitrogens with zero attached hydrogens (tertiary/aromatic N) is 2. The normalized spacial score (nSPS) is 16.7. The number of hydrogen-bond donors (Lipinski definition) is 3. The number of piperidine rings is 1. The molecule has 7 nitrogen and oxygen atoms in total. The fourth-order valence-electron chi connectivity index (χ4n) is 5.72. The second-order valence-electron chi connectivity index (χ2n) is 11.0. The Bertz CT molecular complexity index is 1610. The van der Waals surface area contributed by atoms with Crippen molar-refractivity contribution in [2.45, 2.75) is 38.8 Å². The maximum Gasteiger partial charge on any atom is 0.258 e. The predicted octanol–water partition coefficient (Wildman–Crippen LogP) is 6.49. The van der Waals surface area contributed by atoms with Crippen molar-refractivity contribution in [3.63, 3.8) is 0 Å². The monoisotopic (exact) mass is 557 g/mol. The number of hydrogen-bond acceptors (Lipinski definition) is 5. The van der Waals surface area contributed by atoms with Crippen molar-refractivity contribution >= 4 is 34.5 Å². The van der Waals surface area contributed by atoms with Crippen LogP contribution >= 0.6 is 0 Å². The molecule has 2 aliphatic rings. The molecule has 3 aromatic carbocycles. The van der Waals surface area contributed by atoms with Crippen LogP contribution in [0, 0.1) is 0 Å². The summed E-state index contributed by atoms with van der Waals surface area (Å²) in [6, 6.07) is 27.2. The number of fused-ring (bicyclic) bond motifs is 1. The van der Waals surface area contributed by atoms with Crippen LogP contribution in [0.4, 0.5) is 11.4 Å². The van der Waals surface area contributed by atoms with E-state index < -0.39 is 0 Å². The summed E-state index contributed by atoms with van der Waals surface area (Å²) in [5.74, 6) is -0.426. The lowest BCUT2D eigenvalue weighted by atomic mass is 9.98. The van der Waals surface area contributed by atoms with Crippen molar-refractivity contribution in [2.24, 2.45) is 0 Å². The highest BCUT2D eigenvalue weighted by Crippen LogP contribution is 2.38. The van der Waals surface area contributed by atoms with Crippen molar-refractivity contribution in [3.8, 4) is 0 Å². The maximum atomic E-state index is 13.5. The summed E-state index contributed by atoms with van der Waals surface area (Å²) in [5.41, 5.74) is 6.87. The van der Waals surface area contributed by atoms with Crippen molar-refractivity contribution < 1.29 is 9.59 Å². The van der Waals surface area contributed by atoms with E-state index in [9.17, 15) is 9.59 Å². The first-order valence-electron chi connectivity index (χ1n) is 14.6. The van der Waals surface area contributed by atoms with E-state index in [-0.39, 0.29) is 17.9 Å². The zero-order valence-electron chi connectivity index (χ0n) is 23.8. The number of likely N-dealkylation sites (tertiary alicyclic amines) is 1.